The Morgan fingerprint density at radius 3 is 2.80 bits per heavy atom. The molecule has 198 valence electrons. The lowest BCUT2D eigenvalue weighted by Crippen LogP contribution is -2.15. The molecule has 0 fully saturated rings. The van der Waals surface area contributed by atoms with Crippen LogP contribution in [0.1, 0.15) is 18.2 Å². The largest absolute Gasteiger partial charge is 0.335 e. The molecule has 0 atom stereocenters. The van der Waals surface area contributed by atoms with E-state index < -0.39 is 0 Å². The van der Waals surface area contributed by atoms with E-state index >= 15 is 0 Å². The maximum Gasteiger partial charge on any atom is 0.159 e. The number of hydrogen-bond donors (Lipinski definition) is 3. The molecule has 0 aliphatic rings. The molecule has 6 aromatic rings. The number of imidazole rings is 2. The number of hydrogen-bond acceptors (Lipinski definition) is 6. The number of aromatic nitrogens is 8. The van der Waals surface area contributed by atoms with E-state index in [0.717, 1.165) is 68.8 Å². The first-order chi connectivity index (χ1) is 19.6. The summed E-state index contributed by atoms with van der Waals surface area (Å²) >= 11 is 0. The van der Waals surface area contributed by atoms with Crippen molar-refractivity contribution in [1.29, 1.82) is 0 Å². The quantitative estimate of drug-likeness (QED) is 0.204. The monoisotopic (exact) mass is 527 g/mol. The first kappa shape index (κ1) is 25.1. The maximum absolute atomic E-state index is 4.92. The van der Waals surface area contributed by atoms with Gasteiger partial charge in [0.1, 0.15) is 11.2 Å². The Hall–Kier alpha value is -5.15. The van der Waals surface area contributed by atoms with E-state index in [1.54, 1.807) is 24.8 Å². The van der Waals surface area contributed by atoms with Crippen LogP contribution in [-0.4, -0.2) is 46.2 Å². The van der Waals surface area contributed by atoms with E-state index in [4.69, 9.17) is 4.98 Å². The van der Waals surface area contributed by atoms with Gasteiger partial charge in [-0.05, 0) is 43.2 Å². The molecule has 5 heterocycles. The van der Waals surface area contributed by atoms with Gasteiger partial charge in [0.05, 0.1) is 41.1 Å². The van der Waals surface area contributed by atoms with E-state index in [9.17, 15) is 0 Å². The van der Waals surface area contributed by atoms with Gasteiger partial charge in [-0.25, -0.2) is 9.97 Å². The summed E-state index contributed by atoms with van der Waals surface area (Å²) in [5.74, 6) is 0.673. The molecule has 0 bridgehead atoms. The molecule has 0 aliphatic carbocycles. The highest BCUT2D eigenvalue weighted by atomic mass is 15.1. The number of H-pyrrole nitrogens is 2. The normalized spacial score (nSPS) is 12.2. The van der Waals surface area contributed by atoms with Gasteiger partial charge < -0.3 is 14.9 Å². The summed E-state index contributed by atoms with van der Waals surface area (Å²) in [5.41, 5.74) is 9.57. The first-order valence-corrected chi connectivity index (χ1v) is 13.0. The Morgan fingerprint density at radius 1 is 1.05 bits per heavy atom. The third-order valence-electron chi connectivity index (χ3n) is 6.64. The number of aromatic amines is 2. The number of nitrogens with one attached hydrogen (secondary N) is 3. The van der Waals surface area contributed by atoms with Crippen LogP contribution in [0.3, 0.4) is 0 Å². The number of benzene rings is 1. The van der Waals surface area contributed by atoms with Crippen molar-refractivity contribution >= 4 is 21.9 Å². The highest BCUT2D eigenvalue weighted by molar-refractivity contribution is 5.96. The van der Waals surface area contributed by atoms with Gasteiger partial charge in [0, 0.05) is 42.6 Å². The molecule has 6 rings (SSSR count). The minimum atomic E-state index is 0.673. The van der Waals surface area contributed by atoms with E-state index in [0.29, 0.717) is 5.82 Å². The zero-order valence-electron chi connectivity index (χ0n) is 22.4. The molecule has 0 aliphatic heterocycles. The van der Waals surface area contributed by atoms with Gasteiger partial charge in [0.25, 0.3) is 0 Å². The molecule has 0 saturated carbocycles. The van der Waals surface area contributed by atoms with Crippen LogP contribution < -0.4 is 5.32 Å². The second kappa shape index (κ2) is 10.9. The van der Waals surface area contributed by atoms with Crippen LogP contribution in [0.2, 0.25) is 0 Å². The average Bonchev–Trinajstić information content (AvgIpc) is 3.70. The van der Waals surface area contributed by atoms with Crippen LogP contribution in [-0.2, 0) is 6.54 Å². The van der Waals surface area contributed by atoms with Crippen molar-refractivity contribution in [3.63, 3.8) is 0 Å². The third kappa shape index (κ3) is 5.10. The zero-order valence-corrected chi connectivity index (χ0v) is 22.4. The van der Waals surface area contributed by atoms with Gasteiger partial charge in [-0.2, -0.15) is 5.10 Å². The van der Waals surface area contributed by atoms with E-state index in [2.05, 4.69) is 73.2 Å². The number of rotatable bonds is 9. The predicted molar refractivity (Wildman–Crippen MR) is 159 cm³/mol. The van der Waals surface area contributed by atoms with Crippen LogP contribution in [0.5, 0.6) is 0 Å². The van der Waals surface area contributed by atoms with Crippen molar-refractivity contribution in [2.75, 3.05) is 6.54 Å². The van der Waals surface area contributed by atoms with E-state index in [1.165, 1.54) is 5.57 Å². The van der Waals surface area contributed by atoms with Crippen LogP contribution in [0.15, 0.2) is 98.0 Å². The smallest absolute Gasteiger partial charge is 0.159 e. The van der Waals surface area contributed by atoms with Crippen molar-refractivity contribution in [3.8, 4) is 28.3 Å². The van der Waals surface area contributed by atoms with Gasteiger partial charge >= 0.3 is 0 Å². The number of fused-ring (bicyclic) bond motifs is 2. The predicted octanol–water partition coefficient (Wildman–Crippen LogP) is 5.84. The van der Waals surface area contributed by atoms with E-state index in [1.807, 2.05) is 48.3 Å². The Balaban J connectivity index is 1.28. The van der Waals surface area contributed by atoms with E-state index in [-0.39, 0.29) is 0 Å². The van der Waals surface area contributed by atoms with Crippen molar-refractivity contribution in [1.82, 2.24) is 45.0 Å². The fourth-order valence-corrected chi connectivity index (χ4v) is 4.65. The molecular formula is C31H29N9. The molecule has 1 aromatic carbocycles. The summed E-state index contributed by atoms with van der Waals surface area (Å²) in [5, 5.41) is 12.2. The zero-order chi connectivity index (χ0) is 27.5. The maximum atomic E-state index is 4.92. The molecule has 0 unspecified atom stereocenters. The van der Waals surface area contributed by atoms with Crippen LogP contribution in [0, 0.1) is 6.92 Å². The molecule has 9 nitrogen and oxygen atoms in total. The fourth-order valence-electron chi connectivity index (χ4n) is 4.65. The highest BCUT2D eigenvalue weighted by Gasteiger charge is 2.16. The second-order valence-corrected chi connectivity index (χ2v) is 9.71. The molecule has 0 saturated heterocycles. The molecule has 40 heavy (non-hydrogen) atoms. The lowest BCUT2D eigenvalue weighted by molar-refractivity contribution is 0.737. The highest BCUT2D eigenvalue weighted by Crippen LogP contribution is 2.31. The summed E-state index contributed by atoms with van der Waals surface area (Å²) in [6, 6.07) is 8.43. The van der Waals surface area contributed by atoms with Crippen LogP contribution in [0.4, 0.5) is 0 Å². The topological polar surface area (TPSA) is 113 Å². The number of aryl methyl sites for hydroxylation is 1. The molecule has 0 radical (unpaired) electrons. The minimum absolute atomic E-state index is 0.673. The second-order valence-electron chi connectivity index (χ2n) is 9.71. The Morgan fingerprint density at radius 2 is 1.95 bits per heavy atom. The Bertz CT molecular complexity index is 1880. The number of nitrogens with zero attached hydrogens (tertiary/aromatic N) is 6. The summed E-state index contributed by atoms with van der Waals surface area (Å²) in [6.45, 7) is 9.28. The minimum Gasteiger partial charge on any atom is -0.335 e. The molecule has 3 N–H and O–H groups in total. The van der Waals surface area contributed by atoms with Gasteiger partial charge in [-0.15, -0.1) is 0 Å². The Kier molecular flexibility index (Phi) is 6.86. The van der Waals surface area contributed by atoms with Crippen molar-refractivity contribution in [3.05, 3.63) is 109 Å². The van der Waals surface area contributed by atoms with Crippen molar-refractivity contribution in [2.24, 2.45) is 0 Å². The van der Waals surface area contributed by atoms with Gasteiger partial charge in [-0.3, -0.25) is 15.1 Å². The Labute approximate surface area is 231 Å². The number of allylic oxidation sites excluding steroid dienone is 4. The van der Waals surface area contributed by atoms with Crippen LogP contribution in [0.25, 0.3) is 50.3 Å². The van der Waals surface area contributed by atoms with Gasteiger partial charge in [-0.1, -0.05) is 42.5 Å². The van der Waals surface area contributed by atoms with Crippen LogP contribution >= 0.6 is 0 Å². The molecule has 9 heteroatoms. The fraction of sp³-hybridized carbons (Fsp3) is 0.129. The van der Waals surface area contributed by atoms with Gasteiger partial charge in [0.15, 0.2) is 5.82 Å². The lowest BCUT2D eigenvalue weighted by Gasteiger charge is -2.07. The van der Waals surface area contributed by atoms with Crippen molar-refractivity contribution in [2.45, 2.75) is 20.4 Å². The molecule has 5 aromatic heterocycles. The first-order valence-electron chi connectivity index (χ1n) is 13.0. The number of pyridine rings is 2. The van der Waals surface area contributed by atoms with Crippen molar-refractivity contribution < 1.29 is 0 Å². The summed E-state index contributed by atoms with van der Waals surface area (Å²) in [4.78, 5) is 21.6. The third-order valence-corrected chi connectivity index (χ3v) is 6.64. The summed E-state index contributed by atoms with van der Waals surface area (Å²) < 4.78 is 1.93. The molecular weight excluding hydrogens is 498 g/mol. The molecule has 0 spiro atoms. The lowest BCUT2D eigenvalue weighted by atomic mass is 10.0. The average molecular weight is 528 g/mol. The standard InChI is InChI=1S/C31H29N9/c1-4-5-6-7-20(2)12-32-13-22-10-24(15-33-14-22)23-8-9-26-25(11-23)29(39-38-26)31-36-27-16-34-17-28(30(27)37-31)40-18-21(3)35-19-40/h4-11,14-19,32H,1,12-13H2,2-3H3,(H,36,37)(H,38,39)/b6-5-,20-7+. The SMILES string of the molecule is C=C/C=C\C=C(/C)CNCc1cncc(-c2ccc3[nH]nc(-c4nc5c(-n6cnc(C)c6)cncc5[nH]4)c3c2)c1. The van der Waals surface area contributed by atoms with Gasteiger partial charge in [0.2, 0.25) is 0 Å². The summed E-state index contributed by atoms with van der Waals surface area (Å²) in [7, 11) is 0. The molecule has 0 amide bonds. The summed E-state index contributed by atoms with van der Waals surface area (Å²) in [6.07, 6.45) is 18.9.